The zero-order valence-corrected chi connectivity index (χ0v) is 7.58. The van der Waals surface area contributed by atoms with Crippen molar-refractivity contribution in [3.63, 3.8) is 0 Å². The highest BCUT2D eigenvalue weighted by Gasteiger charge is 2.12. The van der Waals surface area contributed by atoms with Crippen LogP contribution in [0.4, 0.5) is 0 Å². The summed E-state index contributed by atoms with van der Waals surface area (Å²) in [4.78, 5) is 27.3. The number of carbonyl (C=O) groups is 1. The maximum atomic E-state index is 10.6. The Morgan fingerprint density at radius 3 is 2.58 bits per heavy atom. The molecule has 3 N–H and O–H groups in total. The third kappa shape index (κ3) is 7.68. The molecule has 0 heterocycles. The molecular formula is C5H12NO5P. The number of esters is 1. The van der Waals surface area contributed by atoms with E-state index in [1.54, 1.807) is 6.92 Å². The molecule has 0 bridgehead atoms. The van der Waals surface area contributed by atoms with E-state index in [2.05, 4.69) is 10.1 Å². The Kier molecular flexibility index (Phi) is 5.08. The van der Waals surface area contributed by atoms with Crippen LogP contribution in [0.5, 0.6) is 0 Å². The molecule has 0 aliphatic carbocycles. The fourth-order valence-electron chi connectivity index (χ4n) is 0.516. The lowest BCUT2D eigenvalue weighted by molar-refractivity contribution is -0.141. The predicted molar refractivity (Wildman–Crippen MR) is 41.5 cm³/mol. The lowest BCUT2D eigenvalue weighted by Gasteiger charge is -2.05. The number of rotatable bonds is 5. The summed E-state index contributed by atoms with van der Waals surface area (Å²) in [5, 5.41) is 2.27. The van der Waals surface area contributed by atoms with Gasteiger partial charge >= 0.3 is 13.6 Å². The largest absolute Gasteiger partial charge is 0.465 e. The normalized spacial score (nSPS) is 11.2. The highest BCUT2D eigenvalue weighted by molar-refractivity contribution is 7.51. The summed E-state index contributed by atoms with van der Waals surface area (Å²) in [5.41, 5.74) is 0. The molecule has 0 amide bonds. The summed E-state index contributed by atoms with van der Waals surface area (Å²) in [6.45, 7) is 1.73. The molecule has 0 atom stereocenters. The second kappa shape index (κ2) is 5.27. The van der Waals surface area contributed by atoms with Crippen LogP contribution in [-0.2, 0) is 14.1 Å². The van der Waals surface area contributed by atoms with Crippen LogP contribution in [-0.4, -0.2) is 35.2 Å². The molecule has 0 unspecified atom stereocenters. The van der Waals surface area contributed by atoms with Crippen molar-refractivity contribution >= 4 is 13.6 Å². The van der Waals surface area contributed by atoms with E-state index in [1.807, 2.05) is 0 Å². The molecular weight excluding hydrogens is 185 g/mol. The van der Waals surface area contributed by atoms with Gasteiger partial charge in [-0.3, -0.25) is 14.7 Å². The summed E-state index contributed by atoms with van der Waals surface area (Å²) >= 11 is 0. The highest BCUT2D eigenvalue weighted by Crippen LogP contribution is 2.31. The molecule has 0 fully saturated rings. The second-order valence-corrected chi connectivity index (χ2v) is 3.70. The fraction of sp³-hybridized carbons (Fsp3) is 0.800. The van der Waals surface area contributed by atoms with Crippen LogP contribution in [0, 0.1) is 0 Å². The Hall–Kier alpha value is -0.420. The van der Waals surface area contributed by atoms with Gasteiger partial charge in [-0.05, 0) is 6.92 Å². The SMILES string of the molecule is CCOC(=O)CNCP(=O)(O)O. The fourth-order valence-corrected chi connectivity index (χ4v) is 0.919. The van der Waals surface area contributed by atoms with Crippen molar-refractivity contribution in [3.05, 3.63) is 0 Å². The molecule has 0 radical (unpaired) electrons. The standard InChI is InChI=1S/C5H12NO5P/c1-2-11-5(7)3-6-4-12(8,9)10/h6H,2-4H2,1H3,(H2,8,9,10). The van der Waals surface area contributed by atoms with Crippen molar-refractivity contribution in [1.29, 1.82) is 0 Å². The van der Waals surface area contributed by atoms with Crippen LogP contribution in [0.15, 0.2) is 0 Å². The zero-order chi connectivity index (χ0) is 9.61. The van der Waals surface area contributed by atoms with Crippen LogP contribution < -0.4 is 5.32 Å². The molecule has 6 nitrogen and oxygen atoms in total. The van der Waals surface area contributed by atoms with E-state index in [4.69, 9.17) is 9.79 Å². The molecule has 0 aromatic rings. The van der Waals surface area contributed by atoms with E-state index < -0.39 is 19.9 Å². The van der Waals surface area contributed by atoms with E-state index >= 15 is 0 Å². The van der Waals surface area contributed by atoms with Crippen molar-refractivity contribution in [1.82, 2.24) is 5.32 Å². The number of nitrogens with one attached hydrogen (secondary N) is 1. The molecule has 0 rings (SSSR count). The topological polar surface area (TPSA) is 95.9 Å². The quantitative estimate of drug-likeness (QED) is 0.397. The Balaban J connectivity index is 3.44. The van der Waals surface area contributed by atoms with Crippen molar-refractivity contribution in [2.45, 2.75) is 6.92 Å². The van der Waals surface area contributed by atoms with E-state index in [0.29, 0.717) is 0 Å². The third-order valence-electron chi connectivity index (χ3n) is 0.892. The summed E-state index contributed by atoms with van der Waals surface area (Å²) < 4.78 is 14.8. The third-order valence-corrected chi connectivity index (χ3v) is 1.53. The predicted octanol–water partition coefficient (Wildman–Crippen LogP) is -0.726. The molecule has 0 aromatic heterocycles. The number of ether oxygens (including phenoxy) is 1. The van der Waals surface area contributed by atoms with E-state index in [-0.39, 0.29) is 13.2 Å². The number of hydrogen-bond acceptors (Lipinski definition) is 4. The van der Waals surface area contributed by atoms with Gasteiger partial charge in [0.2, 0.25) is 0 Å². The summed E-state index contributed by atoms with van der Waals surface area (Å²) in [6.07, 6.45) is -0.508. The molecule has 0 aliphatic rings. The van der Waals surface area contributed by atoms with Crippen LogP contribution in [0.3, 0.4) is 0 Å². The van der Waals surface area contributed by atoms with Crippen LogP contribution in [0.1, 0.15) is 6.92 Å². The maximum Gasteiger partial charge on any atom is 0.339 e. The van der Waals surface area contributed by atoms with Crippen molar-refractivity contribution in [2.75, 3.05) is 19.4 Å². The first-order chi connectivity index (χ1) is 5.45. The van der Waals surface area contributed by atoms with Gasteiger partial charge in [0.05, 0.1) is 19.4 Å². The second-order valence-electron chi connectivity index (χ2n) is 2.05. The monoisotopic (exact) mass is 197 g/mol. The molecule has 0 saturated carbocycles. The lowest BCUT2D eigenvalue weighted by Crippen LogP contribution is -2.25. The van der Waals surface area contributed by atoms with Crippen molar-refractivity contribution < 1.29 is 23.9 Å². The summed E-state index contributed by atoms with van der Waals surface area (Å²) in [7, 11) is -4.06. The first-order valence-corrected chi connectivity index (χ1v) is 5.16. The molecule has 0 aliphatic heterocycles. The molecule has 0 spiro atoms. The molecule has 7 heteroatoms. The first-order valence-electron chi connectivity index (χ1n) is 3.36. The summed E-state index contributed by atoms with van der Waals surface area (Å²) in [5.74, 6) is -0.522. The van der Waals surface area contributed by atoms with Gasteiger partial charge in [-0.1, -0.05) is 0 Å². The minimum Gasteiger partial charge on any atom is -0.465 e. The van der Waals surface area contributed by atoms with Gasteiger partial charge < -0.3 is 14.5 Å². The Morgan fingerprint density at radius 1 is 1.58 bits per heavy atom. The van der Waals surface area contributed by atoms with E-state index in [1.165, 1.54) is 0 Å². The molecule has 0 saturated heterocycles. The molecule has 0 aromatic carbocycles. The van der Waals surface area contributed by atoms with Gasteiger partial charge in [0, 0.05) is 0 Å². The van der Waals surface area contributed by atoms with Gasteiger partial charge in [0.25, 0.3) is 0 Å². The Labute approximate surface area is 70.1 Å². The highest BCUT2D eigenvalue weighted by atomic mass is 31.2. The Morgan fingerprint density at radius 2 is 2.17 bits per heavy atom. The van der Waals surface area contributed by atoms with Crippen LogP contribution in [0.25, 0.3) is 0 Å². The van der Waals surface area contributed by atoms with Gasteiger partial charge in [0.1, 0.15) is 0 Å². The van der Waals surface area contributed by atoms with Crippen molar-refractivity contribution in [2.24, 2.45) is 0 Å². The minimum atomic E-state index is -4.06. The lowest BCUT2D eigenvalue weighted by atomic mass is 10.6. The average Bonchev–Trinajstić information content (AvgIpc) is 1.84. The minimum absolute atomic E-state index is 0.182. The van der Waals surface area contributed by atoms with Gasteiger partial charge in [-0.25, -0.2) is 0 Å². The van der Waals surface area contributed by atoms with Crippen LogP contribution in [0.2, 0.25) is 0 Å². The van der Waals surface area contributed by atoms with E-state index in [9.17, 15) is 9.36 Å². The average molecular weight is 197 g/mol. The van der Waals surface area contributed by atoms with Gasteiger partial charge in [-0.15, -0.1) is 0 Å². The van der Waals surface area contributed by atoms with Gasteiger partial charge in [-0.2, -0.15) is 0 Å². The smallest absolute Gasteiger partial charge is 0.339 e. The van der Waals surface area contributed by atoms with Crippen molar-refractivity contribution in [3.8, 4) is 0 Å². The molecule has 72 valence electrons. The van der Waals surface area contributed by atoms with Gasteiger partial charge in [0.15, 0.2) is 0 Å². The summed E-state index contributed by atoms with van der Waals surface area (Å²) in [6, 6.07) is 0. The Bertz CT molecular complexity index is 188. The zero-order valence-electron chi connectivity index (χ0n) is 6.69. The number of hydrogen-bond donors (Lipinski definition) is 3. The van der Waals surface area contributed by atoms with Crippen LogP contribution >= 0.6 is 7.60 Å². The molecule has 12 heavy (non-hydrogen) atoms. The maximum absolute atomic E-state index is 10.6. The van der Waals surface area contributed by atoms with E-state index in [0.717, 1.165) is 0 Å². The number of carbonyl (C=O) groups excluding carboxylic acids is 1. The first kappa shape index (κ1) is 11.6.